The first-order valence-corrected chi connectivity index (χ1v) is 7.95. The van der Waals surface area contributed by atoms with Crippen molar-refractivity contribution in [2.24, 2.45) is 5.73 Å². The molecular weight excluding hydrogens is 278 g/mol. The highest BCUT2D eigenvalue weighted by Gasteiger charge is 2.28. The normalized spacial score (nSPS) is 20.0. The molecule has 6 nitrogen and oxygen atoms in total. The molecule has 0 radical (unpaired) electrons. The molecule has 7 heteroatoms. The Labute approximate surface area is 119 Å². The monoisotopic (exact) mass is 297 g/mol. The summed E-state index contributed by atoms with van der Waals surface area (Å²) in [7, 11) is -1.95. The van der Waals surface area contributed by atoms with Gasteiger partial charge in [-0.3, -0.25) is 4.79 Å². The van der Waals surface area contributed by atoms with Crippen molar-refractivity contribution in [2.75, 3.05) is 20.1 Å². The first kappa shape index (κ1) is 15.0. The molecule has 20 heavy (non-hydrogen) atoms. The number of benzene rings is 1. The summed E-state index contributed by atoms with van der Waals surface area (Å²) in [6, 6.07) is 5.67. The highest BCUT2D eigenvalue weighted by molar-refractivity contribution is 7.89. The summed E-state index contributed by atoms with van der Waals surface area (Å²) in [4.78, 5) is 11.2. The highest BCUT2D eigenvalue weighted by atomic mass is 32.2. The molecule has 1 aliphatic rings. The molecule has 0 aromatic heterocycles. The standard InChI is InChI=1S/C13H19N3O3S/c1-16(11-3-2-8-15-9-11)20(18,19)12-6-4-10(5-7-12)13(14)17/h4-7,11,15H,2-3,8-9H2,1H3,(H2,14,17). The lowest BCUT2D eigenvalue weighted by molar-refractivity contribution is 0.1000. The second kappa shape index (κ2) is 5.90. The van der Waals surface area contributed by atoms with Crippen LogP contribution in [0.4, 0.5) is 0 Å². The minimum absolute atomic E-state index is 0.0374. The molecule has 1 unspecified atom stereocenters. The maximum atomic E-state index is 12.5. The first-order chi connectivity index (χ1) is 9.43. The van der Waals surface area contributed by atoms with Gasteiger partial charge in [0.25, 0.3) is 0 Å². The molecule has 0 aliphatic carbocycles. The number of hydrogen-bond acceptors (Lipinski definition) is 4. The molecule has 1 aromatic rings. The maximum Gasteiger partial charge on any atom is 0.248 e. The van der Waals surface area contributed by atoms with E-state index in [0.29, 0.717) is 12.1 Å². The third-order valence-electron chi connectivity index (χ3n) is 3.60. The largest absolute Gasteiger partial charge is 0.366 e. The van der Waals surface area contributed by atoms with E-state index >= 15 is 0 Å². The first-order valence-electron chi connectivity index (χ1n) is 6.51. The van der Waals surface area contributed by atoms with Crippen LogP contribution in [-0.2, 0) is 10.0 Å². The summed E-state index contributed by atoms with van der Waals surface area (Å²) in [5.41, 5.74) is 5.44. The van der Waals surface area contributed by atoms with E-state index in [1.165, 1.54) is 28.6 Å². The fraction of sp³-hybridized carbons (Fsp3) is 0.462. The van der Waals surface area contributed by atoms with Crippen LogP contribution in [0.25, 0.3) is 0 Å². The van der Waals surface area contributed by atoms with Gasteiger partial charge in [0.1, 0.15) is 0 Å². The number of nitrogens with two attached hydrogens (primary N) is 1. The lowest BCUT2D eigenvalue weighted by Crippen LogP contribution is -2.46. The predicted octanol–water partition coefficient (Wildman–Crippen LogP) is 0.158. The van der Waals surface area contributed by atoms with Crippen LogP contribution in [0.5, 0.6) is 0 Å². The number of carbonyl (C=O) groups excluding carboxylic acids is 1. The van der Waals surface area contributed by atoms with Gasteiger partial charge >= 0.3 is 0 Å². The van der Waals surface area contributed by atoms with Gasteiger partial charge in [-0.2, -0.15) is 4.31 Å². The van der Waals surface area contributed by atoms with Crippen LogP contribution in [-0.4, -0.2) is 44.8 Å². The van der Waals surface area contributed by atoms with E-state index in [1.807, 2.05) is 0 Å². The zero-order valence-corrected chi connectivity index (χ0v) is 12.2. The Hall–Kier alpha value is -1.44. The highest BCUT2D eigenvalue weighted by Crippen LogP contribution is 2.20. The Balaban J connectivity index is 2.22. The molecule has 1 aromatic carbocycles. The van der Waals surface area contributed by atoms with Gasteiger partial charge in [-0.25, -0.2) is 8.42 Å². The van der Waals surface area contributed by atoms with Crippen LogP contribution >= 0.6 is 0 Å². The fourth-order valence-electron chi connectivity index (χ4n) is 2.30. The second-order valence-electron chi connectivity index (χ2n) is 4.91. The number of sulfonamides is 1. The van der Waals surface area contributed by atoms with E-state index < -0.39 is 15.9 Å². The summed E-state index contributed by atoms with van der Waals surface area (Å²) >= 11 is 0. The van der Waals surface area contributed by atoms with Gasteiger partial charge in [0.2, 0.25) is 15.9 Å². The Morgan fingerprint density at radius 2 is 2.00 bits per heavy atom. The number of likely N-dealkylation sites (N-methyl/N-ethyl adjacent to an activating group) is 1. The quantitative estimate of drug-likeness (QED) is 0.828. The average molecular weight is 297 g/mol. The SMILES string of the molecule is CN(C1CCCNC1)S(=O)(=O)c1ccc(C(N)=O)cc1. The maximum absolute atomic E-state index is 12.5. The molecule has 1 aliphatic heterocycles. The summed E-state index contributed by atoms with van der Waals surface area (Å²) < 4.78 is 26.4. The Morgan fingerprint density at radius 3 is 2.50 bits per heavy atom. The van der Waals surface area contributed by atoms with Crippen molar-refractivity contribution in [2.45, 2.75) is 23.8 Å². The van der Waals surface area contributed by atoms with E-state index in [4.69, 9.17) is 5.73 Å². The third kappa shape index (κ3) is 3.00. The zero-order valence-electron chi connectivity index (χ0n) is 11.4. The van der Waals surface area contributed by atoms with Crippen molar-refractivity contribution in [3.8, 4) is 0 Å². The minimum atomic E-state index is -3.54. The molecule has 0 saturated carbocycles. The topological polar surface area (TPSA) is 92.5 Å². The van der Waals surface area contributed by atoms with E-state index in [2.05, 4.69) is 5.32 Å². The number of nitrogens with zero attached hydrogens (tertiary/aromatic N) is 1. The second-order valence-corrected chi connectivity index (χ2v) is 6.91. The van der Waals surface area contributed by atoms with E-state index in [-0.39, 0.29) is 10.9 Å². The number of carbonyl (C=O) groups is 1. The molecule has 0 bridgehead atoms. The van der Waals surface area contributed by atoms with Crippen LogP contribution in [0.2, 0.25) is 0 Å². The fourth-order valence-corrected chi connectivity index (χ4v) is 3.68. The lowest BCUT2D eigenvalue weighted by atomic mass is 10.1. The Kier molecular flexibility index (Phi) is 4.42. The van der Waals surface area contributed by atoms with Crippen molar-refractivity contribution in [1.82, 2.24) is 9.62 Å². The number of primary amides is 1. The van der Waals surface area contributed by atoms with Crippen LogP contribution in [0.15, 0.2) is 29.2 Å². The van der Waals surface area contributed by atoms with Gasteiger partial charge in [-0.15, -0.1) is 0 Å². The third-order valence-corrected chi connectivity index (χ3v) is 5.53. The van der Waals surface area contributed by atoms with Crippen molar-refractivity contribution in [3.63, 3.8) is 0 Å². The van der Waals surface area contributed by atoms with Crippen molar-refractivity contribution >= 4 is 15.9 Å². The molecule has 3 N–H and O–H groups in total. The van der Waals surface area contributed by atoms with Gasteiger partial charge in [0, 0.05) is 25.2 Å². The van der Waals surface area contributed by atoms with E-state index in [9.17, 15) is 13.2 Å². The number of piperidine rings is 1. The predicted molar refractivity (Wildman–Crippen MR) is 75.8 cm³/mol. The van der Waals surface area contributed by atoms with Crippen LogP contribution < -0.4 is 11.1 Å². The summed E-state index contributed by atoms with van der Waals surface area (Å²) in [5.74, 6) is -0.571. The average Bonchev–Trinajstić information content (AvgIpc) is 2.47. The Morgan fingerprint density at radius 1 is 1.35 bits per heavy atom. The molecule has 1 saturated heterocycles. The molecule has 2 rings (SSSR count). The van der Waals surface area contributed by atoms with Crippen molar-refractivity contribution in [1.29, 1.82) is 0 Å². The van der Waals surface area contributed by atoms with E-state index in [0.717, 1.165) is 19.4 Å². The Bertz CT molecular complexity index is 577. The van der Waals surface area contributed by atoms with Gasteiger partial charge < -0.3 is 11.1 Å². The number of amides is 1. The summed E-state index contributed by atoms with van der Waals surface area (Å²) in [6.45, 7) is 1.59. The molecule has 0 spiro atoms. The minimum Gasteiger partial charge on any atom is -0.366 e. The number of hydrogen-bond donors (Lipinski definition) is 2. The van der Waals surface area contributed by atoms with Gasteiger partial charge in [-0.1, -0.05) is 0 Å². The number of rotatable bonds is 4. The van der Waals surface area contributed by atoms with Crippen LogP contribution in [0.1, 0.15) is 23.2 Å². The molecule has 1 amide bonds. The summed E-state index contributed by atoms with van der Waals surface area (Å²) in [6.07, 6.45) is 1.81. The van der Waals surface area contributed by atoms with Gasteiger partial charge in [0.05, 0.1) is 4.90 Å². The zero-order chi connectivity index (χ0) is 14.8. The molecular formula is C13H19N3O3S. The van der Waals surface area contributed by atoms with Crippen molar-refractivity contribution < 1.29 is 13.2 Å². The molecule has 1 fully saturated rings. The van der Waals surface area contributed by atoms with Crippen molar-refractivity contribution in [3.05, 3.63) is 29.8 Å². The molecule has 110 valence electrons. The lowest BCUT2D eigenvalue weighted by Gasteiger charge is -2.30. The molecule has 1 heterocycles. The van der Waals surface area contributed by atoms with Crippen LogP contribution in [0.3, 0.4) is 0 Å². The van der Waals surface area contributed by atoms with E-state index in [1.54, 1.807) is 7.05 Å². The smallest absolute Gasteiger partial charge is 0.248 e. The summed E-state index contributed by atoms with van der Waals surface area (Å²) in [5, 5.41) is 3.20. The van der Waals surface area contributed by atoms with Gasteiger partial charge in [0.15, 0.2) is 0 Å². The molecule has 1 atom stereocenters. The van der Waals surface area contributed by atoms with Gasteiger partial charge in [-0.05, 0) is 43.7 Å². The number of nitrogens with one attached hydrogen (secondary N) is 1. The van der Waals surface area contributed by atoms with Crippen LogP contribution in [0, 0.1) is 0 Å².